The fraction of sp³-hybridized carbons (Fsp3) is 0.474. The normalized spacial score (nSPS) is 13.6. The van der Waals surface area contributed by atoms with E-state index in [4.69, 9.17) is 10.8 Å². The van der Waals surface area contributed by atoms with Crippen LogP contribution in [0.25, 0.3) is 0 Å². The fourth-order valence-corrected chi connectivity index (χ4v) is 3.18. The molecular weight excluding hydrogens is 428 g/mol. The van der Waals surface area contributed by atoms with Gasteiger partial charge in [-0.05, 0) is 30.4 Å². The van der Waals surface area contributed by atoms with Crippen molar-refractivity contribution in [1.29, 1.82) is 0 Å². The molecule has 0 saturated carbocycles. The summed E-state index contributed by atoms with van der Waals surface area (Å²) in [5.74, 6) is -2.37. The number of nitrogens with two attached hydrogens (primary N) is 1. The molecule has 0 aliphatic heterocycles. The van der Waals surface area contributed by atoms with Crippen LogP contribution < -0.4 is 21.7 Å². The maximum absolute atomic E-state index is 12.5. The quantitative estimate of drug-likeness (QED) is 0.217. The number of thioether (sulfide) groups is 1. The second kappa shape index (κ2) is 13.9. The monoisotopic (exact) mass is 456 g/mol. The van der Waals surface area contributed by atoms with Gasteiger partial charge >= 0.3 is 5.97 Å². The van der Waals surface area contributed by atoms with Crippen LogP contribution in [0.4, 0.5) is 0 Å². The Morgan fingerprint density at radius 3 is 2.33 bits per heavy atom. The number of hydrogen-bond acceptors (Lipinski definition) is 7. The molecule has 6 N–H and O–H groups in total. The molecule has 0 heterocycles. The summed E-state index contributed by atoms with van der Waals surface area (Å²) in [4.78, 5) is 47.7. The molecule has 1 rings (SSSR count). The number of carbonyl (C=O) groups is 4. The van der Waals surface area contributed by atoms with Crippen molar-refractivity contribution >= 4 is 48.1 Å². The van der Waals surface area contributed by atoms with Gasteiger partial charge in [-0.2, -0.15) is 24.4 Å². The van der Waals surface area contributed by atoms with Gasteiger partial charge in [0.1, 0.15) is 12.1 Å². The standard InChI is InChI=1S/C19H28N4O5S2/c1-30-8-7-14(18(26)21-10-16(24)22-15(11-29)19(27)28)23-17(25)13(20)9-12-5-3-2-4-6-12/h2-6,13-15,29H,7-11,20H2,1H3,(H,21,26)(H,22,24)(H,23,25)(H,27,28). The molecule has 0 fully saturated rings. The number of nitrogens with one attached hydrogen (secondary N) is 3. The first-order valence-corrected chi connectivity index (χ1v) is 11.3. The Hall–Kier alpha value is -2.24. The summed E-state index contributed by atoms with van der Waals surface area (Å²) < 4.78 is 0. The molecule has 0 aromatic heterocycles. The summed E-state index contributed by atoms with van der Waals surface area (Å²) in [7, 11) is 0. The molecule has 9 nitrogen and oxygen atoms in total. The van der Waals surface area contributed by atoms with Gasteiger partial charge in [0.05, 0.1) is 12.6 Å². The minimum atomic E-state index is -1.22. The highest BCUT2D eigenvalue weighted by Crippen LogP contribution is 2.05. The lowest BCUT2D eigenvalue weighted by Gasteiger charge is -2.21. The van der Waals surface area contributed by atoms with E-state index in [0.29, 0.717) is 18.6 Å². The number of benzene rings is 1. The highest BCUT2D eigenvalue weighted by atomic mass is 32.2. The van der Waals surface area contributed by atoms with Gasteiger partial charge in [-0.15, -0.1) is 0 Å². The molecule has 0 spiro atoms. The number of thiol groups is 1. The fourth-order valence-electron chi connectivity index (χ4n) is 2.47. The van der Waals surface area contributed by atoms with Crippen molar-refractivity contribution in [3.05, 3.63) is 35.9 Å². The zero-order valence-electron chi connectivity index (χ0n) is 16.7. The number of aliphatic carboxylic acids is 1. The lowest BCUT2D eigenvalue weighted by molar-refractivity contribution is -0.141. The predicted octanol–water partition coefficient (Wildman–Crippen LogP) is -0.590. The Labute approximate surface area is 185 Å². The van der Waals surface area contributed by atoms with Crippen molar-refractivity contribution in [1.82, 2.24) is 16.0 Å². The lowest BCUT2D eigenvalue weighted by Crippen LogP contribution is -2.54. The SMILES string of the molecule is CSCCC(NC(=O)C(N)Cc1ccccc1)C(=O)NCC(=O)NC(CS)C(=O)O. The maximum Gasteiger partial charge on any atom is 0.327 e. The molecule has 3 unspecified atom stereocenters. The molecule has 0 aliphatic rings. The first-order valence-electron chi connectivity index (χ1n) is 9.28. The summed E-state index contributed by atoms with van der Waals surface area (Å²) in [5, 5.41) is 16.2. The zero-order valence-corrected chi connectivity index (χ0v) is 18.4. The average molecular weight is 457 g/mol. The Morgan fingerprint density at radius 2 is 1.77 bits per heavy atom. The van der Waals surface area contributed by atoms with Gasteiger partial charge in [0.15, 0.2) is 0 Å². The van der Waals surface area contributed by atoms with Gasteiger partial charge in [-0.25, -0.2) is 4.79 Å². The van der Waals surface area contributed by atoms with Gasteiger partial charge in [0, 0.05) is 5.75 Å². The first-order chi connectivity index (χ1) is 14.3. The van der Waals surface area contributed by atoms with Gasteiger partial charge in [-0.1, -0.05) is 30.3 Å². The summed E-state index contributed by atoms with van der Waals surface area (Å²) >= 11 is 5.37. The van der Waals surface area contributed by atoms with Crippen LogP contribution in [-0.2, 0) is 25.6 Å². The van der Waals surface area contributed by atoms with Crippen LogP contribution in [0.3, 0.4) is 0 Å². The second-order valence-electron chi connectivity index (χ2n) is 6.50. The molecule has 3 atom stereocenters. The molecule has 166 valence electrons. The van der Waals surface area contributed by atoms with Crippen molar-refractivity contribution in [3.63, 3.8) is 0 Å². The highest BCUT2D eigenvalue weighted by Gasteiger charge is 2.25. The summed E-state index contributed by atoms with van der Waals surface area (Å²) in [6.07, 6.45) is 2.55. The number of rotatable bonds is 13. The van der Waals surface area contributed by atoms with E-state index in [1.165, 1.54) is 11.8 Å². The summed E-state index contributed by atoms with van der Waals surface area (Å²) in [5.41, 5.74) is 6.87. The van der Waals surface area contributed by atoms with E-state index in [9.17, 15) is 19.2 Å². The van der Waals surface area contributed by atoms with Crippen molar-refractivity contribution in [2.75, 3.05) is 24.3 Å². The molecule has 0 saturated heterocycles. The zero-order chi connectivity index (χ0) is 22.5. The van der Waals surface area contributed by atoms with Crippen molar-refractivity contribution in [2.24, 2.45) is 5.73 Å². The van der Waals surface area contributed by atoms with E-state index in [1.807, 2.05) is 36.6 Å². The Bertz CT molecular complexity index is 720. The first kappa shape index (κ1) is 25.8. The van der Waals surface area contributed by atoms with Gasteiger partial charge < -0.3 is 26.8 Å². The van der Waals surface area contributed by atoms with Crippen LogP contribution in [0.1, 0.15) is 12.0 Å². The third kappa shape index (κ3) is 9.51. The topological polar surface area (TPSA) is 151 Å². The Kier molecular flexibility index (Phi) is 11.9. The molecule has 11 heteroatoms. The smallest absolute Gasteiger partial charge is 0.327 e. The molecule has 30 heavy (non-hydrogen) atoms. The van der Waals surface area contributed by atoms with Gasteiger partial charge in [0.25, 0.3) is 0 Å². The van der Waals surface area contributed by atoms with E-state index in [2.05, 4.69) is 28.6 Å². The molecule has 0 bridgehead atoms. The lowest BCUT2D eigenvalue weighted by atomic mass is 10.1. The van der Waals surface area contributed by atoms with Crippen molar-refractivity contribution in [3.8, 4) is 0 Å². The van der Waals surface area contributed by atoms with Crippen molar-refractivity contribution in [2.45, 2.75) is 31.0 Å². The molecule has 1 aromatic rings. The van der Waals surface area contributed by atoms with Crippen LogP contribution in [0.5, 0.6) is 0 Å². The predicted molar refractivity (Wildman–Crippen MR) is 119 cm³/mol. The van der Waals surface area contributed by atoms with E-state index >= 15 is 0 Å². The second-order valence-corrected chi connectivity index (χ2v) is 7.85. The number of carbonyl (C=O) groups excluding carboxylic acids is 3. The average Bonchev–Trinajstić information content (AvgIpc) is 2.73. The van der Waals surface area contributed by atoms with E-state index in [0.717, 1.165) is 5.56 Å². The molecule has 0 radical (unpaired) electrons. The van der Waals surface area contributed by atoms with Crippen LogP contribution >= 0.6 is 24.4 Å². The third-order valence-corrected chi connectivity index (χ3v) is 5.13. The number of carboxylic acid groups (broad SMARTS) is 1. The van der Waals surface area contributed by atoms with Crippen LogP contribution in [0.2, 0.25) is 0 Å². The number of carboxylic acids is 1. The molecule has 3 amide bonds. The largest absolute Gasteiger partial charge is 0.480 e. The van der Waals surface area contributed by atoms with Crippen LogP contribution in [-0.4, -0.2) is 71.2 Å². The number of hydrogen-bond donors (Lipinski definition) is 6. The molecular formula is C19H28N4O5S2. The third-order valence-electron chi connectivity index (χ3n) is 4.12. The Morgan fingerprint density at radius 1 is 1.10 bits per heavy atom. The molecule has 1 aromatic carbocycles. The van der Waals surface area contributed by atoms with E-state index < -0.39 is 48.4 Å². The minimum absolute atomic E-state index is 0.0826. The number of amides is 3. The Balaban J connectivity index is 2.61. The van der Waals surface area contributed by atoms with E-state index in [1.54, 1.807) is 0 Å². The highest BCUT2D eigenvalue weighted by molar-refractivity contribution is 7.98. The van der Waals surface area contributed by atoms with Crippen LogP contribution in [0, 0.1) is 0 Å². The van der Waals surface area contributed by atoms with Crippen LogP contribution in [0.15, 0.2) is 30.3 Å². The van der Waals surface area contributed by atoms with Gasteiger partial charge in [0.2, 0.25) is 17.7 Å². The summed E-state index contributed by atoms with van der Waals surface area (Å²) in [6, 6.07) is 6.44. The van der Waals surface area contributed by atoms with E-state index in [-0.39, 0.29) is 5.75 Å². The van der Waals surface area contributed by atoms with Crippen molar-refractivity contribution < 1.29 is 24.3 Å². The maximum atomic E-state index is 12.5. The molecule has 0 aliphatic carbocycles. The summed E-state index contributed by atoms with van der Waals surface area (Å²) in [6.45, 7) is -0.419. The van der Waals surface area contributed by atoms with Gasteiger partial charge in [-0.3, -0.25) is 14.4 Å². The minimum Gasteiger partial charge on any atom is -0.480 e.